The summed E-state index contributed by atoms with van der Waals surface area (Å²) in [7, 11) is 0. The quantitative estimate of drug-likeness (QED) is 0.843. The lowest BCUT2D eigenvalue weighted by molar-refractivity contribution is 0.0690. The van der Waals surface area contributed by atoms with Crippen LogP contribution < -0.4 is 5.73 Å². The van der Waals surface area contributed by atoms with Gasteiger partial charge in [-0.25, -0.2) is 0 Å². The minimum atomic E-state index is 0. The van der Waals surface area contributed by atoms with E-state index in [2.05, 4.69) is 9.80 Å². The number of nitrogens with two attached hydrogens (primary N) is 1. The van der Waals surface area contributed by atoms with E-state index in [0.29, 0.717) is 11.7 Å². The SMILES string of the molecule is Cl.Cl.Nc1cccc(C(=O)N2CCCC2CN2CCCCC2)c1. The zero-order valence-electron chi connectivity index (χ0n) is 13.4. The smallest absolute Gasteiger partial charge is 0.254 e. The van der Waals surface area contributed by atoms with Gasteiger partial charge in [0.1, 0.15) is 0 Å². The van der Waals surface area contributed by atoms with Crippen molar-refractivity contribution in [1.29, 1.82) is 0 Å². The van der Waals surface area contributed by atoms with E-state index in [1.165, 1.54) is 32.4 Å². The first-order valence-corrected chi connectivity index (χ1v) is 8.13. The molecule has 0 radical (unpaired) electrons. The van der Waals surface area contributed by atoms with Crippen LogP contribution in [0.5, 0.6) is 0 Å². The topological polar surface area (TPSA) is 49.6 Å². The van der Waals surface area contributed by atoms with Crippen molar-refractivity contribution < 1.29 is 4.79 Å². The standard InChI is InChI=1S/C17H25N3O.2ClH/c18-15-7-4-6-14(12-15)17(21)20-11-5-8-16(20)13-19-9-2-1-3-10-19;;/h4,6-7,12,16H,1-3,5,8-11,13,18H2;2*1H. The predicted molar refractivity (Wildman–Crippen MR) is 99.7 cm³/mol. The Morgan fingerprint density at radius 2 is 1.83 bits per heavy atom. The fourth-order valence-corrected chi connectivity index (χ4v) is 3.57. The normalized spacial score (nSPS) is 21.4. The van der Waals surface area contributed by atoms with Crippen LogP contribution in [0, 0.1) is 0 Å². The summed E-state index contributed by atoms with van der Waals surface area (Å²) in [6.07, 6.45) is 6.20. The summed E-state index contributed by atoms with van der Waals surface area (Å²) in [6.45, 7) is 4.30. The molecule has 0 aliphatic carbocycles. The van der Waals surface area contributed by atoms with E-state index in [-0.39, 0.29) is 30.7 Å². The second kappa shape index (κ2) is 9.36. The van der Waals surface area contributed by atoms with Gasteiger partial charge >= 0.3 is 0 Å². The van der Waals surface area contributed by atoms with Crippen LogP contribution in [0.1, 0.15) is 42.5 Å². The number of hydrogen-bond donors (Lipinski definition) is 1. The van der Waals surface area contributed by atoms with Crippen LogP contribution >= 0.6 is 24.8 Å². The summed E-state index contributed by atoms with van der Waals surface area (Å²) in [4.78, 5) is 17.3. The monoisotopic (exact) mass is 359 g/mol. The average Bonchev–Trinajstić information content (AvgIpc) is 2.95. The number of rotatable bonds is 3. The molecule has 2 saturated heterocycles. The molecule has 23 heavy (non-hydrogen) atoms. The Balaban J connectivity index is 0.00000132. The first kappa shape index (κ1) is 20.1. The molecular formula is C17H27Cl2N3O. The van der Waals surface area contributed by atoms with Gasteiger partial charge in [-0.05, 0) is 57.0 Å². The summed E-state index contributed by atoms with van der Waals surface area (Å²) in [5, 5.41) is 0. The molecule has 1 amide bonds. The third-order valence-corrected chi connectivity index (χ3v) is 4.69. The largest absolute Gasteiger partial charge is 0.399 e. The number of nitrogens with zero attached hydrogens (tertiary/aromatic N) is 2. The Morgan fingerprint density at radius 3 is 2.52 bits per heavy atom. The number of likely N-dealkylation sites (tertiary alicyclic amines) is 2. The van der Waals surface area contributed by atoms with Gasteiger partial charge in [-0.15, -0.1) is 24.8 Å². The van der Waals surface area contributed by atoms with Crippen LogP contribution in [-0.4, -0.2) is 47.9 Å². The number of nitrogen functional groups attached to an aromatic ring is 1. The lowest BCUT2D eigenvalue weighted by Gasteiger charge is -2.33. The van der Waals surface area contributed by atoms with Gasteiger partial charge in [-0.1, -0.05) is 12.5 Å². The maximum atomic E-state index is 12.7. The molecule has 6 heteroatoms. The highest BCUT2D eigenvalue weighted by atomic mass is 35.5. The Kier molecular flexibility index (Phi) is 8.17. The Morgan fingerprint density at radius 1 is 1.09 bits per heavy atom. The van der Waals surface area contributed by atoms with Crippen LogP contribution in [0.4, 0.5) is 5.69 Å². The Bertz CT molecular complexity index is 506. The second-order valence-electron chi connectivity index (χ2n) is 6.28. The van der Waals surface area contributed by atoms with E-state index in [9.17, 15) is 4.79 Å². The number of halogens is 2. The molecule has 1 aromatic carbocycles. The van der Waals surface area contributed by atoms with Gasteiger partial charge < -0.3 is 15.5 Å². The fraction of sp³-hybridized carbons (Fsp3) is 0.588. The number of hydrogen-bond acceptors (Lipinski definition) is 3. The van der Waals surface area contributed by atoms with E-state index in [0.717, 1.165) is 31.5 Å². The van der Waals surface area contributed by atoms with Gasteiger partial charge in [0.05, 0.1) is 0 Å². The van der Waals surface area contributed by atoms with E-state index in [1.54, 1.807) is 6.07 Å². The molecule has 2 fully saturated rings. The van der Waals surface area contributed by atoms with Gasteiger partial charge in [0, 0.05) is 30.4 Å². The molecule has 1 unspecified atom stereocenters. The van der Waals surface area contributed by atoms with Crippen molar-refractivity contribution in [3.05, 3.63) is 29.8 Å². The molecule has 2 N–H and O–H groups in total. The van der Waals surface area contributed by atoms with E-state index in [1.807, 2.05) is 18.2 Å². The molecule has 4 nitrogen and oxygen atoms in total. The van der Waals surface area contributed by atoms with Gasteiger partial charge in [0.2, 0.25) is 0 Å². The van der Waals surface area contributed by atoms with Crippen molar-refractivity contribution in [2.45, 2.75) is 38.1 Å². The first-order valence-electron chi connectivity index (χ1n) is 8.13. The van der Waals surface area contributed by atoms with E-state index < -0.39 is 0 Å². The van der Waals surface area contributed by atoms with Crippen molar-refractivity contribution >= 4 is 36.4 Å². The lowest BCUT2D eigenvalue weighted by Crippen LogP contribution is -2.44. The van der Waals surface area contributed by atoms with Gasteiger partial charge in [-0.2, -0.15) is 0 Å². The van der Waals surface area contributed by atoms with Crippen LogP contribution in [0.25, 0.3) is 0 Å². The van der Waals surface area contributed by atoms with Crippen molar-refractivity contribution in [1.82, 2.24) is 9.80 Å². The summed E-state index contributed by atoms with van der Waals surface area (Å²) in [5.41, 5.74) is 7.18. The molecule has 0 saturated carbocycles. The molecule has 0 bridgehead atoms. The number of amides is 1. The predicted octanol–water partition coefficient (Wildman–Crippen LogP) is 3.20. The van der Waals surface area contributed by atoms with E-state index >= 15 is 0 Å². The Hall–Kier alpha value is -0.970. The zero-order valence-corrected chi connectivity index (χ0v) is 15.1. The fourth-order valence-electron chi connectivity index (χ4n) is 3.57. The number of piperidine rings is 1. The van der Waals surface area contributed by atoms with Crippen molar-refractivity contribution in [3.8, 4) is 0 Å². The maximum absolute atomic E-state index is 12.7. The van der Waals surface area contributed by atoms with Crippen molar-refractivity contribution in [3.63, 3.8) is 0 Å². The molecule has 2 aliphatic rings. The number of carbonyl (C=O) groups is 1. The molecule has 1 aromatic rings. The molecule has 3 rings (SSSR count). The summed E-state index contributed by atoms with van der Waals surface area (Å²) in [6, 6.07) is 7.72. The minimum Gasteiger partial charge on any atom is -0.399 e. The molecule has 130 valence electrons. The molecule has 0 aromatic heterocycles. The second-order valence-corrected chi connectivity index (χ2v) is 6.28. The highest BCUT2D eigenvalue weighted by Crippen LogP contribution is 2.23. The van der Waals surface area contributed by atoms with Crippen LogP contribution in [0.3, 0.4) is 0 Å². The third kappa shape index (κ3) is 5.00. The summed E-state index contributed by atoms with van der Waals surface area (Å²) in [5.74, 6) is 0.141. The van der Waals surface area contributed by atoms with Crippen molar-refractivity contribution in [2.75, 3.05) is 31.9 Å². The summed E-state index contributed by atoms with van der Waals surface area (Å²) >= 11 is 0. The lowest BCUT2D eigenvalue weighted by atomic mass is 10.1. The molecule has 0 spiro atoms. The zero-order chi connectivity index (χ0) is 14.7. The third-order valence-electron chi connectivity index (χ3n) is 4.69. The first-order chi connectivity index (χ1) is 10.2. The van der Waals surface area contributed by atoms with Crippen LogP contribution in [0.15, 0.2) is 24.3 Å². The number of carbonyl (C=O) groups excluding carboxylic acids is 1. The molecule has 2 heterocycles. The number of benzene rings is 1. The van der Waals surface area contributed by atoms with E-state index in [4.69, 9.17) is 5.73 Å². The highest BCUT2D eigenvalue weighted by Gasteiger charge is 2.31. The minimum absolute atomic E-state index is 0. The molecule has 2 aliphatic heterocycles. The van der Waals surface area contributed by atoms with Gasteiger partial charge in [0.15, 0.2) is 0 Å². The number of anilines is 1. The maximum Gasteiger partial charge on any atom is 0.254 e. The average molecular weight is 360 g/mol. The molecular weight excluding hydrogens is 333 g/mol. The highest BCUT2D eigenvalue weighted by molar-refractivity contribution is 5.95. The van der Waals surface area contributed by atoms with Crippen LogP contribution in [0.2, 0.25) is 0 Å². The van der Waals surface area contributed by atoms with Gasteiger partial charge in [0.25, 0.3) is 5.91 Å². The molecule has 1 atom stereocenters. The van der Waals surface area contributed by atoms with Gasteiger partial charge in [-0.3, -0.25) is 4.79 Å². The van der Waals surface area contributed by atoms with Crippen LogP contribution in [-0.2, 0) is 0 Å². The van der Waals surface area contributed by atoms with Crippen molar-refractivity contribution in [2.24, 2.45) is 0 Å². The summed E-state index contributed by atoms with van der Waals surface area (Å²) < 4.78 is 0. The Labute approximate surface area is 151 Å².